The van der Waals surface area contributed by atoms with E-state index >= 15 is 0 Å². The highest BCUT2D eigenvalue weighted by molar-refractivity contribution is 5.82. The molecule has 6 nitrogen and oxygen atoms in total. The fraction of sp³-hybridized carbons (Fsp3) is 0.600. The molecule has 2 bridgehead atoms. The van der Waals surface area contributed by atoms with E-state index in [0.29, 0.717) is 37.5 Å². The number of fused-ring (bicyclic) bond motifs is 2. The Morgan fingerprint density at radius 3 is 2.45 bits per heavy atom. The number of nitrogens with zero attached hydrogens (tertiary/aromatic N) is 2. The highest BCUT2D eigenvalue weighted by Gasteiger charge is 2.40. The number of likely N-dealkylation sites (tertiary alicyclic amines) is 1. The average Bonchev–Trinajstić information content (AvgIpc) is 3.42. The molecule has 1 aliphatic heterocycles. The Hall–Kier alpha value is -2.34. The fourth-order valence-electron chi connectivity index (χ4n) is 5.51. The van der Waals surface area contributed by atoms with E-state index in [1.165, 1.54) is 6.42 Å². The van der Waals surface area contributed by atoms with Gasteiger partial charge in [0.15, 0.2) is 6.10 Å². The van der Waals surface area contributed by atoms with Crippen molar-refractivity contribution in [1.29, 1.82) is 0 Å². The number of carbonyl (C=O) groups excluding carboxylic acids is 2. The molecule has 0 N–H and O–H groups in total. The van der Waals surface area contributed by atoms with Crippen molar-refractivity contribution in [2.45, 2.75) is 44.8 Å². The van der Waals surface area contributed by atoms with Crippen LogP contribution in [0.25, 0.3) is 0 Å². The van der Waals surface area contributed by atoms with Gasteiger partial charge in [-0.1, -0.05) is 42.5 Å². The molecule has 0 spiro atoms. The van der Waals surface area contributed by atoms with E-state index in [1.807, 2.05) is 37.3 Å². The Labute approximate surface area is 185 Å². The van der Waals surface area contributed by atoms with Gasteiger partial charge in [0.05, 0.1) is 6.61 Å². The van der Waals surface area contributed by atoms with Gasteiger partial charge >= 0.3 is 6.09 Å². The van der Waals surface area contributed by atoms with Crippen molar-refractivity contribution in [2.24, 2.45) is 17.8 Å². The molecule has 3 aliphatic rings. The molecule has 0 radical (unpaired) electrons. The molecule has 1 saturated carbocycles. The van der Waals surface area contributed by atoms with Gasteiger partial charge in [-0.3, -0.25) is 4.79 Å². The molecular weight excluding hydrogens is 392 g/mol. The van der Waals surface area contributed by atoms with Gasteiger partial charge in [0.25, 0.3) is 5.91 Å². The molecule has 1 aromatic carbocycles. The van der Waals surface area contributed by atoms with Crippen molar-refractivity contribution >= 4 is 12.0 Å². The first-order valence-corrected chi connectivity index (χ1v) is 11.6. The molecule has 0 unspecified atom stereocenters. The second-order valence-corrected chi connectivity index (χ2v) is 8.97. The Bertz CT molecular complexity index is 788. The fourth-order valence-corrected chi connectivity index (χ4v) is 5.51. The summed E-state index contributed by atoms with van der Waals surface area (Å²) in [6.07, 6.45) is 7.76. The van der Waals surface area contributed by atoms with Crippen LogP contribution in [0.5, 0.6) is 0 Å². The summed E-state index contributed by atoms with van der Waals surface area (Å²) in [7, 11) is 1.61. The zero-order valence-electron chi connectivity index (χ0n) is 18.6. The van der Waals surface area contributed by atoms with Crippen LogP contribution < -0.4 is 0 Å². The van der Waals surface area contributed by atoms with Gasteiger partial charge in [-0.05, 0) is 55.9 Å². The minimum Gasteiger partial charge on any atom is -0.450 e. The van der Waals surface area contributed by atoms with Crippen molar-refractivity contribution in [3.8, 4) is 0 Å². The first-order chi connectivity index (χ1) is 15.1. The average molecular weight is 427 g/mol. The molecular formula is C25H34N2O4. The number of benzene rings is 1. The second kappa shape index (κ2) is 9.86. The smallest absolute Gasteiger partial charge is 0.409 e. The van der Waals surface area contributed by atoms with E-state index in [4.69, 9.17) is 9.47 Å². The summed E-state index contributed by atoms with van der Waals surface area (Å²) < 4.78 is 10.9. The van der Waals surface area contributed by atoms with Crippen LogP contribution in [-0.2, 0) is 14.3 Å². The van der Waals surface area contributed by atoms with E-state index in [9.17, 15) is 9.59 Å². The number of ether oxygens (including phenoxy) is 2. The third-order valence-corrected chi connectivity index (χ3v) is 7.12. The van der Waals surface area contributed by atoms with Gasteiger partial charge in [-0.15, -0.1) is 0 Å². The zero-order chi connectivity index (χ0) is 21.8. The van der Waals surface area contributed by atoms with E-state index < -0.39 is 6.10 Å². The minimum absolute atomic E-state index is 0.0371. The lowest BCUT2D eigenvalue weighted by atomic mass is 9.91. The van der Waals surface area contributed by atoms with Crippen molar-refractivity contribution in [3.63, 3.8) is 0 Å². The number of amides is 2. The van der Waals surface area contributed by atoms with Crippen LogP contribution in [0, 0.1) is 17.8 Å². The Morgan fingerprint density at radius 2 is 1.87 bits per heavy atom. The number of methoxy groups -OCH3 is 1. The molecule has 4 atom stereocenters. The van der Waals surface area contributed by atoms with Crippen molar-refractivity contribution < 1.29 is 19.1 Å². The monoisotopic (exact) mass is 426 g/mol. The summed E-state index contributed by atoms with van der Waals surface area (Å²) in [5.41, 5.74) is 0.886. The highest BCUT2D eigenvalue weighted by atomic mass is 16.6. The first kappa shape index (κ1) is 21.9. The van der Waals surface area contributed by atoms with Crippen molar-refractivity contribution in [3.05, 3.63) is 48.0 Å². The van der Waals surface area contributed by atoms with Gasteiger partial charge in [-0.25, -0.2) is 4.79 Å². The van der Waals surface area contributed by atoms with Gasteiger partial charge in [0.1, 0.15) is 0 Å². The molecule has 168 valence electrons. The van der Waals surface area contributed by atoms with Crippen molar-refractivity contribution in [1.82, 2.24) is 9.80 Å². The predicted octanol–water partition coefficient (Wildman–Crippen LogP) is 4.04. The van der Waals surface area contributed by atoms with Crippen LogP contribution in [-0.4, -0.2) is 61.2 Å². The van der Waals surface area contributed by atoms with E-state index in [0.717, 1.165) is 31.4 Å². The number of rotatable bonds is 7. The standard InChI is InChI=1S/C25H34N2O4/c1-3-31-25(29)26-13-11-22(12-14-26)27(17-21-16-18-9-10-20(21)15-18)24(28)23(30-2)19-7-5-4-6-8-19/h4-10,18,20-23H,3,11-17H2,1-2H3/t18-,20+,21+,23-/m1/s1. The Kier molecular flexibility index (Phi) is 6.96. The van der Waals surface area contributed by atoms with E-state index in [1.54, 1.807) is 12.0 Å². The van der Waals surface area contributed by atoms with Gasteiger partial charge in [-0.2, -0.15) is 0 Å². The van der Waals surface area contributed by atoms with Crippen LogP contribution in [0.1, 0.15) is 44.3 Å². The second-order valence-electron chi connectivity index (χ2n) is 8.97. The molecule has 1 saturated heterocycles. The number of piperidine rings is 1. The molecule has 4 rings (SSSR count). The lowest BCUT2D eigenvalue weighted by Gasteiger charge is -2.41. The van der Waals surface area contributed by atoms with Crippen LogP contribution >= 0.6 is 0 Å². The van der Waals surface area contributed by atoms with E-state index in [2.05, 4.69) is 17.1 Å². The maximum atomic E-state index is 13.8. The van der Waals surface area contributed by atoms with Gasteiger partial charge in [0, 0.05) is 32.8 Å². The normalized spacial score (nSPS) is 26.1. The Balaban J connectivity index is 1.50. The number of hydrogen-bond donors (Lipinski definition) is 0. The summed E-state index contributed by atoms with van der Waals surface area (Å²) in [5, 5.41) is 0. The molecule has 2 fully saturated rings. The maximum Gasteiger partial charge on any atom is 0.409 e. The topological polar surface area (TPSA) is 59.1 Å². The molecule has 2 aliphatic carbocycles. The van der Waals surface area contributed by atoms with Gasteiger partial charge in [0.2, 0.25) is 0 Å². The molecule has 6 heteroatoms. The largest absolute Gasteiger partial charge is 0.450 e. The van der Waals surface area contributed by atoms with Crippen LogP contribution in [0.15, 0.2) is 42.5 Å². The number of allylic oxidation sites excluding steroid dienone is 2. The van der Waals surface area contributed by atoms with Crippen molar-refractivity contribution in [2.75, 3.05) is 33.4 Å². The summed E-state index contributed by atoms with van der Waals surface area (Å²) in [4.78, 5) is 29.7. The molecule has 1 heterocycles. The summed E-state index contributed by atoms with van der Waals surface area (Å²) in [5.74, 6) is 1.80. The molecule has 1 aromatic rings. The zero-order valence-corrected chi connectivity index (χ0v) is 18.6. The third-order valence-electron chi connectivity index (χ3n) is 7.12. The molecule has 0 aromatic heterocycles. The Morgan fingerprint density at radius 1 is 1.13 bits per heavy atom. The molecule has 2 amide bonds. The van der Waals surface area contributed by atoms with Gasteiger partial charge < -0.3 is 19.3 Å². The van der Waals surface area contributed by atoms with Crippen LogP contribution in [0.3, 0.4) is 0 Å². The maximum absolute atomic E-state index is 13.8. The van der Waals surface area contributed by atoms with E-state index in [-0.39, 0.29) is 18.0 Å². The summed E-state index contributed by atoms with van der Waals surface area (Å²) in [6.45, 7) is 4.21. The summed E-state index contributed by atoms with van der Waals surface area (Å²) in [6, 6.07) is 9.85. The SMILES string of the molecule is CCOC(=O)N1CCC(N(C[C@@H]2C[C@@H]3C=C[C@H]2C3)C(=O)[C@H](OC)c2ccccc2)CC1. The first-order valence-electron chi connectivity index (χ1n) is 11.6. The lowest BCUT2D eigenvalue weighted by Crippen LogP contribution is -2.51. The third kappa shape index (κ3) is 4.79. The quantitative estimate of drug-likeness (QED) is 0.618. The van der Waals surface area contributed by atoms with Crippen LogP contribution in [0.4, 0.5) is 4.79 Å². The molecule has 31 heavy (non-hydrogen) atoms. The minimum atomic E-state index is -0.599. The lowest BCUT2D eigenvalue weighted by molar-refractivity contribution is -0.146. The number of carbonyl (C=O) groups is 2. The highest BCUT2D eigenvalue weighted by Crippen LogP contribution is 2.44. The summed E-state index contributed by atoms with van der Waals surface area (Å²) >= 11 is 0. The van der Waals surface area contributed by atoms with Crippen LogP contribution in [0.2, 0.25) is 0 Å². The predicted molar refractivity (Wildman–Crippen MR) is 118 cm³/mol. The number of hydrogen-bond acceptors (Lipinski definition) is 4.